The van der Waals surface area contributed by atoms with Gasteiger partial charge in [0.05, 0.1) is 30.4 Å². The van der Waals surface area contributed by atoms with Crippen molar-refractivity contribution >= 4 is 17.3 Å². The molecule has 2 aromatic heterocycles. The van der Waals surface area contributed by atoms with Crippen molar-refractivity contribution in [3.05, 3.63) is 53.2 Å². The monoisotopic (exact) mass is 374 g/mol. The van der Waals surface area contributed by atoms with Crippen LogP contribution in [0.5, 0.6) is 6.01 Å². The summed E-state index contributed by atoms with van der Waals surface area (Å²) in [6, 6.07) is 1.78. The van der Waals surface area contributed by atoms with Crippen LogP contribution in [0.1, 0.15) is 40.3 Å². The molecule has 0 aliphatic rings. The summed E-state index contributed by atoms with van der Waals surface area (Å²) in [5, 5.41) is 0.592. The molecule has 26 heavy (non-hydrogen) atoms. The highest BCUT2D eigenvalue weighted by molar-refractivity contribution is 7.99. The third-order valence-electron chi connectivity index (χ3n) is 3.13. The van der Waals surface area contributed by atoms with Crippen molar-refractivity contribution in [2.75, 3.05) is 12.4 Å². The Hall–Kier alpha value is -2.41. The van der Waals surface area contributed by atoms with Gasteiger partial charge in [-0.3, -0.25) is 9.36 Å². The van der Waals surface area contributed by atoms with Crippen molar-refractivity contribution in [2.45, 2.75) is 39.8 Å². The SMILES string of the molecule is C=C/C(=C\C)c1cc(=O)n(-c2cnc(OCC)nc2)c(SCC)n1.CC. The Labute approximate surface area is 159 Å². The molecule has 0 spiro atoms. The number of nitrogens with zero attached hydrogens (tertiary/aromatic N) is 4. The van der Waals surface area contributed by atoms with E-state index < -0.39 is 0 Å². The molecule has 2 heterocycles. The second-order valence-corrected chi connectivity index (χ2v) is 5.87. The molecule has 140 valence electrons. The van der Waals surface area contributed by atoms with Crippen molar-refractivity contribution in [1.29, 1.82) is 0 Å². The van der Waals surface area contributed by atoms with E-state index in [1.807, 2.05) is 40.7 Å². The van der Waals surface area contributed by atoms with E-state index in [1.165, 1.54) is 22.4 Å². The van der Waals surface area contributed by atoms with Crippen LogP contribution in [0.2, 0.25) is 0 Å². The highest BCUT2D eigenvalue weighted by Crippen LogP contribution is 2.21. The third-order valence-corrected chi connectivity index (χ3v) is 3.95. The van der Waals surface area contributed by atoms with Gasteiger partial charge in [-0.2, -0.15) is 0 Å². The van der Waals surface area contributed by atoms with E-state index >= 15 is 0 Å². The van der Waals surface area contributed by atoms with Crippen LogP contribution in [-0.2, 0) is 0 Å². The average molecular weight is 375 g/mol. The van der Waals surface area contributed by atoms with Gasteiger partial charge in [0, 0.05) is 6.07 Å². The van der Waals surface area contributed by atoms with E-state index in [0.29, 0.717) is 23.1 Å². The van der Waals surface area contributed by atoms with Crippen LogP contribution in [0.25, 0.3) is 11.3 Å². The fourth-order valence-corrected chi connectivity index (χ4v) is 2.82. The number of hydrogen-bond donors (Lipinski definition) is 0. The molecule has 0 amide bonds. The number of allylic oxidation sites excluding steroid dienone is 3. The van der Waals surface area contributed by atoms with Crippen LogP contribution in [0.3, 0.4) is 0 Å². The highest BCUT2D eigenvalue weighted by Gasteiger charge is 2.13. The first-order chi connectivity index (χ1) is 12.6. The summed E-state index contributed by atoms with van der Waals surface area (Å²) in [7, 11) is 0. The third kappa shape index (κ3) is 5.29. The lowest BCUT2D eigenvalue weighted by atomic mass is 10.2. The van der Waals surface area contributed by atoms with Gasteiger partial charge >= 0.3 is 6.01 Å². The lowest BCUT2D eigenvalue weighted by molar-refractivity contribution is 0.312. The fraction of sp³-hybridized carbons (Fsp3) is 0.368. The lowest BCUT2D eigenvalue weighted by Crippen LogP contribution is -2.22. The van der Waals surface area contributed by atoms with E-state index in [0.717, 1.165) is 11.3 Å². The zero-order chi connectivity index (χ0) is 19.5. The smallest absolute Gasteiger partial charge is 0.316 e. The van der Waals surface area contributed by atoms with Crippen molar-refractivity contribution in [2.24, 2.45) is 0 Å². The molecule has 6 nitrogen and oxygen atoms in total. The Morgan fingerprint density at radius 3 is 2.46 bits per heavy atom. The molecule has 2 aromatic rings. The summed E-state index contributed by atoms with van der Waals surface area (Å²) < 4.78 is 6.74. The van der Waals surface area contributed by atoms with E-state index in [2.05, 4.69) is 21.5 Å². The van der Waals surface area contributed by atoms with Crippen LogP contribution >= 0.6 is 11.8 Å². The number of ether oxygens (including phenoxy) is 1. The summed E-state index contributed by atoms with van der Waals surface area (Å²) in [5.74, 6) is 0.785. The quantitative estimate of drug-likeness (QED) is 0.412. The van der Waals surface area contributed by atoms with Crippen molar-refractivity contribution in [3.63, 3.8) is 0 Å². The molecule has 0 radical (unpaired) electrons. The van der Waals surface area contributed by atoms with Crippen LogP contribution in [0.15, 0.2) is 47.1 Å². The minimum absolute atomic E-state index is 0.190. The van der Waals surface area contributed by atoms with Crippen LogP contribution in [0.4, 0.5) is 0 Å². The van der Waals surface area contributed by atoms with E-state index in [9.17, 15) is 4.79 Å². The summed E-state index contributed by atoms with van der Waals surface area (Å²) in [6.45, 7) is 14.0. The number of rotatable bonds is 7. The summed E-state index contributed by atoms with van der Waals surface area (Å²) in [6.07, 6.45) is 6.68. The molecule has 0 aliphatic carbocycles. The predicted molar refractivity (Wildman–Crippen MR) is 108 cm³/mol. The molecule has 0 unspecified atom stereocenters. The maximum atomic E-state index is 12.6. The molecule has 0 bridgehead atoms. The van der Waals surface area contributed by atoms with E-state index in [-0.39, 0.29) is 11.6 Å². The molecule has 7 heteroatoms. The minimum Gasteiger partial charge on any atom is -0.464 e. The van der Waals surface area contributed by atoms with Crippen molar-refractivity contribution < 1.29 is 4.74 Å². The molecular formula is C19H26N4O2S. The first-order valence-corrected chi connectivity index (χ1v) is 9.64. The molecule has 2 rings (SSSR count). The molecular weight excluding hydrogens is 348 g/mol. The highest BCUT2D eigenvalue weighted by atomic mass is 32.2. The van der Waals surface area contributed by atoms with Crippen LogP contribution < -0.4 is 10.3 Å². The molecule has 0 saturated carbocycles. The second kappa shape index (κ2) is 11.3. The second-order valence-electron chi connectivity index (χ2n) is 4.64. The van der Waals surface area contributed by atoms with Gasteiger partial charge in [-0.05, 0) is 25.2 Å². The van der Waals surface area contributed by atoms with Crippen LogP contribution in [0, 0.1) is 0 Å². The Morgan fingerprint density at radius 1 is 1.31 bits per heavy atom. The molecule has 0 aliphatic heterocycles. The van der Waals surface area contributed by atoms with Crippen LogP contribution in [-0.4, -0.2) is 31.9 Å². The van der Waals surface area contributed by atoms with Crippen molar-refractivity contribution in [3.8, 4) is 11.7 Å². The van der Waals surface area contributed by atoms with Gasteiger partial charge < -0.3 is 4.74 Å². The minimum atomic E-state index is -0.190. The van der Waals surface area contributed by atoms with Crippen molar-refractivity contribution in [1.82, 2.24) is 19.5 Å². The van der Waals surface area contributed by atoms with Gasteiger partial charge in [-0.15, -0.1) is 0 Å². The number of aromatic nitrogens is 4. The van der Waals surface area contributed by atoms with Gasteiger partial charge in [0.2, 0.25) is 0 Å². The lowest BCUT2D eigenvalue weighted by Gasteiger charge is -2.12. The summed E-state index contributed by atoms with van der Waals surface area (Å²) in [5.41, 5.74) is 1.79. The molecule has 0 atom stereocenters. The molecule has 0 N–H and O–H groups in total. The normalized spacial score (nSPS) is 10.7. The van der Waals surface area contributed by atoms with Gasteiger partial charge in [0.15, 0.2) is 5.16 Å². The Kier molecular flexibility index (Phi) is 9.36. The first kappa shape index (κ1) is 21.6. The predicted octanol–water partition coefficient (Wildman–Crippen LogP) is 4.15. The number of thioether (sulfide) groups is 1. The zero-order valence-electron chi connectivity index (χ0n) is 16.0. The Bertz CT molecular complexity index is 798. The summed E-state index contributed by atoms with van der Waals surface area (Å²) in [4.78, 5) is 25.5. The zero-order valence-corrected chi connectivity index (χ0v) is 16.8. The van der Waals surface area contributed by atoms with E-state index in [1.54, 1.807) is 18.5 Å². The van der Waals surface area contributed by atoms with E-state index in [4.69, 9.17) is 4.74 Å². The Morgan fingerprint density at radius 2 is 1.96 bits per heavy atom. The standard InChI is InChI=1S/C17H20N4O2S.C2H6/c1-5-12(6-2)14-9-15(22)21(17(20-14)24-8-4)13-10-18-16(19-11-13)23-7-3;1-2/h5-6,9-11H,1,7-8H2,2-4H3;1-2H3/b12-6+;. The first-order valence-electron chi connectivity index (χ1n) is 8.65. The molecule has 0 fully saturated rings. The van der Waals surface area contributed by atoms with Gasteiger partial charge in [-0.25, -0.2) is 15.0 Å². The topological polar surface area (TPSA) is 69.9 Å². The summed E-state index contributed by atoms with van der Waals surface area (Å²) >= 11 is 1.48. The molecule has 0 saturated heterocycles. The Balaban J connectivity index is 0.00000163. The largest absolute Gasteiger partial charge is 0.464 e. The average Bonchev–Trinajstić information content (AvgIpc) is 2.66. The maximum absolute atomic E-state index is 12.6. The fourth-order valence-electron chi connectivity index (χ4n) is 2.07. The maximum Gasteiger partial charge on any atom is 0.316 e. The molecule has 0 aromatic carbocycles. The van der Waals surface area contributed by atoms with Gasteiger partial charge in [0.25, 0.3) is 5.56 Å². The van der Waals surface area contributed by atoms with Gasteiger partial charge in [0.1, 0.15) is 0 Å². The number of hydrogen-bond acceptors (Lipinski definition) is 6. The van der Waals surface area contributed by atoms with Gasteiger partial charge in [-0.1, -0.05) is 51.3 Å².